The van der Waals surface area contributed by atoms with Crippen LogP contribution in [0.25, 0.3) is 0 Å². The van der Waals surface area contributed by atoms with Crippen molar-refractivity contribution in [1.29, 1.82) is 0 Å². The van der Waals surface area contributed by atoms with Crippen LogP contribution in [0.3, 0.4) is 0 Å². The summed E-state index contributed by atoms with van der Waals surface area (Å²) >= 11 is 1.58. The fourth-order valence-electron chi connectivity index (χ4n) is 2.41. The van der Waals surface area contributed by atoms with Crippen molar-refractivity contribution in [3.05, 3.63) is 6.20 Å². The van der Waals surface area contributed by atoms with Crippen LogP contribution in [0.5, 0.6) is 0 Å². The van der Waals surface area contributed by atoms with Gasteiger partial charge in [0.2, 0.25) is 5.91 Å². The van der Waals surface area contributed by atoms with Crippen molar-refractivity contribution >= 4 is 23.5 Å². The molecule has 12 heteroatoms. The number of nitrogens with zero attached hydrogens (tertiary/aromatic N) is 3. The van der Waals surface area contributed by atoms with Gasteiger partial charge < -0.3 is 36.2 Å². The molecule has 0 aliphatic carbocycles. The van der Waals surface area contributed by atoms with Crippen LogP contribution in [-0.2, 0) is 9.53 Å². The number of rotatable bonds is 8. The molecule has 1 saturated heterocycles. The van der Waals surface area contributed by atoms with E-state index in [1.807, 2.05) is 6.92 Å². The average molecular weight is 391 g/mol. The number of nitrogens with two attached hydrogens (primary N) is 1. The highest BCUT2D eigenvalue weighted by molar-refractivity contribution is 7.99. The molecule has 1 amide bonds. The van der Waals surface area contributed by atoms with E-state index >= 15 is 0 Å². The Morgan fingerprint density at radius 3 is 2.81 bits per heavy atom. The summed E-state index contributed by atoms with van der Waals surface area (Å²) < 4.78 is 6.45. The lowest BCUT2D eigenvalue weighted by molar-refractivity contribution is -0.254. The Labute approximate surface area is 154 Å². The highest BCUT2D eigenvalue weighted by Crippen LogP contribution is 2.28. The molecule has 0 radical (unpaired) electrons. The molecule has 1 aliphatic rings. The lowest BCUT2D eigenvalue weighted by atomic mass is 9.98. The minimum atomic E-state index is -1.53. The number of ether oxygens (including phenoxy) is 1. The van der Waals surface area contributed by atoms with Gasteiger partial charge in [0.25, 0.3) is 0 Å². The Balaban J connectivity index is 1.99. The van der Waals surface area contributed by atoms with Gasteiger partial charge in [0, 0.05) is 5.75 Å². The first-order valence-corrected chi connectivity index (χ1v) is 9.41. The molecule has 2 heterocycles. The van der Waals surface area contributed by atoms with Crippen LogP contribution < -0.4 is 11.1 Å². The number of hydrogen-bond acceptors (Lipinski definition) is 10. The molecule has 7 N–H and O–H groups in total. The summed E-state index contributed by atoms with van der Waals surface area (Å²) in [7, 11) is 0. The quantitative estimate of drug-likeness (QED) is 0.263. The lowest BCUT2D eigenvalue weighted by Gasteiger charge is -2.39. The van der Waals surface area contributed by atoms with Crippen LogP contribution in [0.2, 0.25) is 0 Å². The molecule has 6 atom stereocenters. The molecule has 26 heavy (non-hydrogen) atoms. The maximum atomic E-state index is 12.0. The number of aliphatic hydroxyl groups excluding tert-OH is 4. The highest BCUT2D eigenvalue weighted by atomic mass is 32.2. The summed E-state index contributed by atoms with van der Waals surface area (Å²) in [6.07, 6.45) is -4.44. The van der Waals surface area contributed by atoms with Crippen LogP contribution in [0.4, 0.5) is 5.82 Å². The second kappa shape index (κ2) is 9.60. The number of carbonyl (C=O) groups is 1. The van der Waals surface area contributed by atoms with E-state index in [-0.39, 0.29) is 5.82 Å². The number of aliphatic hydroxyl groups is 4. The third-order valence-electron chi connectivity index (χ3n) is 3.87. The molecule has 0 spiro atoms. The molecule has 4 unspecified atom stereocenters. The summed E-state index contributed by atoms with van der Waals surface area (Å²) in [4.78, 5) is 12.0. The molecular formula is C14H25N5O6S. The van der Waals surface area contributed by atoms with Crippen molar-refractivity contribution in [3.63, 3.8) is 0 Å². The fraction of sp³-hybridized carbons (Fsp3) is 0.786. The Bertz CT molecular complexity index is 588. The molecule has 1 aliphatic heterocycles. The first-order valence-electron chi connectivity index (χ1n) is 8.25. The summed E-state index contributed by atoms with van der Waals surface area (Å²) in [6.45, 7) is 1.49. The van der Waals surface area contributed by atoms with E-state index in [9.17, 15) is 25.2 Å². The number of aromatic nitrogens is 3. The molecule has 1 aromatic heterocycles. The van der Waals surface area contributed by atoms with Gasteiger partial charge in [-0.25, -0.2) is 4.68 Å². The van der Waals surface area contributed by atoms with E-state index in [0.717, 1.165) is 16.9 Å². The second-order valence-electron chi connectivity index (χ2n) is 5.97. The van der Waals surface area contributed by atoms with Crippen LogP contribution in [0.15, 0.2) is 6.20 Å². The zero-order chi connectivity index (χ0) is 19.3. The van der Waals surface area contributed by atoms with E-state index in [0.29, 0.717) is 5.75 Å². The second-order valence-corrected chi connectivity index (χ2v) is 7.12. The molecule has 11 nitrogen and oxygen atoms in total. The fourth-order valence-corrected chi connectivity index (χ4v) is 3.27. The zero-order valence-corrected chi connectivity index (χ0v) is 15.1. The summed E-state index contributed by atoms with van der Waals surface area (Å²) in [6, 6.07) is -0.705. The molecule has 0 bridgehead atoms. The van der Waals surface area contributed by atoms with Gasteiger partial charge in [-0.15, -0.1) is 5.10 Å². The average Bonchev–Trinajstić information content (AvgIpc) is 3.08. The predicted molar refractivity (Wildman–Crippen MR) is 93.3 cm³/mol. The molecule has 1 aromatic rings. The predicted octanol–water partition coefficient (Wildman–Crippen LogP) is -2.34. The third kappa shape index (κ3) is 4.91. The maximum absolute atomic E-state index is 12.0. The van der Waals surface area contributed by atoms with Gasteiger partial charge in [0.1, 0.15) is 24.4 Å². The van der Waals surface area contributed by atoms with Gasteiger partial charge in [0.15, 0.2) is 12.0 Å². The Kier molecular flexibility index (Phi) is 7.76. The highest BCUT2D eigenvalue weighted by Gasteiger charge is 2.44. The van der Waals surface area contributed by atoms with Crippen molar-refractivity contribution in [2.24, 2.45) is 5.73 Å². The molecule has 2 rings (SSSR count). The van der Waals surface area contributed by atoms with E-state index in [4.69, 9.17) is 10.5 Å². The SMILES string of the molecule is CCCSC[C@@H](N)C(=O)Nc1cn([C@@H]2OC(CO)C(O)C(O)C2O)nn1. The topological polar surface area (TPSA) is 176 Å². The van der Waals surface area contributed by atoms with Crippen molar-refractivity contribution in [2.75, 3.05) is 23.4 Å². The Morgan fingerprint density at radius 2 is 2.15 bits per heavy atom. The van der Waals surface area contributed by atoms with Gasteiger partial charge in [0.05, 0.1) is 18.8 Å². The van der Waals surface area contributed by atoms with Gasteiger partial charge in [-0.2, -0.15) is 11.8 Å². The first kappa shape index (κ1) is 21.0. The third-order valence-corrected chi connectivity index (χ3v) is 5.16. The van der Waals surface area contributed by atoms with Gasteiger partial charge in [-0.1, -0.05) is 12.1 Å². The minimum absolute atomic E-state index is 0.0999. The van der Waals surface area contributed by atoms with E-state index in [2.05, 4.69) is 15.6 Å². The van der Waals surface area contributed by atoms with Crippen LogP contribution in [0.1, 0.15) is 19.6 Å². The maximum Gasteiger partial charge on any atom is 0.243 e. The largest absolute Gasteiger partial charge is 0.394 e. The van der Waals surface area contributed by atoms with E-state index in [1.165, 1.54) is 6.20 Å². The molecular weight excluding hydrogens is 366 g/mol. The summed E-state index contributed by atoms with van der Waals surface area (Å²) in [5.74, 6) is 1.06. The number of hydrogen-bond donors (Lipinski definition) is 6. The van der Waals surface area contributed by atoms with Crippen molar-refractivity contribution in [1.82, 2.24) is 15.0 Å². The van der Waals surface area contributed by atoms with E-state index < -0.39 is 49.2 Å². The number of nitrogens with one attached hydrogen (secondary N) is 1. The van der Waals surface area contributed by atoms with Crippen LogP contribution in [0, 0.1) is 0 Å². The van der Waals surface area contributed by atoms with Gasteiger partial charge in [-0.3, -0.25) is 4.79 Å². The molecule has 148 valence electrons. The Hall–Kier alpha value is -1.28. The lowest BCUT2D eigenvalue weighted by Crippen LogP contribution is -2.56. The van der Waals surface area contributed by atoms with Crippen molar-refractivity contribution in [2.45, 2.75) is 50.0 Å². The number of amides is 1. The van der Waals surface area contributed by atoms with E-state index in [1.54, 1.807) is 11.8 Å². The number of thioether (sulfide) groups is 1. The smallest absolute Gasteiger partial charge is 0.243 e. The summed E-state index contributed by atoms with van der Waals surface area (Å²) in [5.41, 5.74) is 5.81. The van der Waals surface area contributed by atoms with Gasteiger partial charge >= 0.3 is 0 Å². The van der Waals surface area contributed by atoms with Crippen LogP contribution >= 0.6 is 11.8 Å². The zero-order valence-electron chi connectivity index (χ0n) is 14.3. The number of anilines is 1. The summed E-state index contributed by atoms with van der Waals surface area (Å²) in [5, 5.41) is 48.9. The van der Waals surface area contributed by atoms with Crippen molar-refractivity contribution < 1.29 is 30.0 Å². The normalized spacial score (nSPS) is 30.2. The van der Waals surface area contributed by atoms with Crippen LogP contribution in [-0.4, -0.2) is 89.9 Å². The molecule has 0 saturated carbocycles. The molecule has 0 aromatic carbocycles. The van der Waals surface area contributed by atoms with Gasteiger partial charge in [-0.05, 0) is 12.2 Å². The molecule has 1 fully saturated rings. The van der Waals surface area contributed by atoms with Crippen molar-refractivity contribution in [3.8, 4) is 0 Å². The number of carbonyl (C=O) groups excluding carboxylic acids is 1. The Morgan fingerprint density at radius 1 is 1.42 bits per heavy atom. The minimum Gasteiger partial charge on any atom is -0.394 e. The first-order chi connectivity index (χ1) is 12.4. The standard InChI is InChI=1S/C14H25N5O6S/c1-2-3-26-6-7(15)13(24)16-9-4-19(18-17-9)14-12(23)11(22)10(21)8(5-20)25-14/h4,7-8,10-12,14,20-23H,2-3,5-6,15H2,1H3,(H,16,24)/t7-,8?,10?,11?,12?,14-/m1/s1. The monoisotopic (exact) mass is 391 g/mol.